The Labute approximate surface area is 116 Å². The van der Waals surface area contributed by atoms with E-state index in [0.717, 1.165) is 32.5 Å². The number of benzene rings is 1. The van der Waals surface area contributed by atoms with E-state index >= 15 is 0 Å². The van der Waals surface area contributed by atoms with E-state index in [0.29, 0.717) is 6.54 Å². The van der Waals surface area contributed by atoms with Crippen LogP contribution in [0.3, 0.4) is 0 Å². The molecule has 1 aromatic rings. The van der Waals surface area contributed by atoms with Gasteiger partial charge in [0.05, 0.1) is 6.26 Å². The summed E-state index contributed by atoms with van der Waals surface area (Å²) in [6, 6.07) is 10.4. The fraction of sp³-hybridized carbons (Fsp3) is 0.571. The highest BCUT2D eigenvalue weighted by atomic mass is 32.2. The van der Waals surface area contributed by atoms with Gasteiger partial charge in [0.1, 0.15) is 0 Å². The summed E-state index contributed by atoms with van der Waals surface area (Å²) in [4.78, 5) is 2.36. The Balaban J connectivity index is 2.36. The van der Waals surface area contributed by atoms with Gasteiger partial charge in [-0.05, 0) is 31.5 Å². The highest BCUT2D eigenvalue weighted by Gasteiger charge is 2.05. The monoisotopic (exact) mass is 284 g/mol. The summed E-state index contributed by atoms with van der Waals surface area (Å²) in [7, 11) is -3.06. The number of rotatable bonds is 9. The van der Waals surface area contributed by atoms with Crippen molar-refractivity contribution in [1.29, 1.82) is 0 Å². The summed E-state index contributed by atoms with van der Waals surface area (Å²) in [5.41, 5.74) is 1.30. The molecule has 0 aliphatic heterocycles. The van der Waals surface area contributed by atoms with Crippen LogP contribution in [0.4, 0.5) is 0 Å². The minimum atomic E-state index is -3.06. The van der Waals surface area contributed by atoms with Gasteiger partial charge in [0.2, 0.25) is 10.0 Å². The lowest BCUT2D eigenvalue weighted by molar-refractivity contribution is 0.263. The maximum absolute atomic E-state index is 11.0. The van der Waals surface area contributed by atoms with Gasteiger partial charge in [0.25, 0.3) is 0 Å². The molecular weight excluding hydrogens is 260 g/mol. The molecular formula is C14H24N2O2S. The molecule has 0 aliphatic carbocycles. The second-order valence-electron chi connectivity index (χ2n) is 4.78. The molecule has 0 atom stereocenters. The molecule has 0 saturated heterocycles. The molecule has 4 nitrogen and oxygen atoms in total. The fourth-order valence-corrected chi connectivity index (χ4v) is 2.50. The third-order valence-corrected chi connectivity index (χ3v) is 3.53. The molecule has 1 rings (SSSR count). The normalized spacial score (nSPS) is 11.9. The van der Waals surface area contributed by atoms with Crippen LogP contribution in [0.5, 0.6) is 0 Å². The van der Waals surface area contributed by atoms with E-state index in [2.05, 4.69) is 28.7 Å². The van der Waals surface area contributed by atoms with Gasteiger partial charge in [-0.3, -0.25) is 4.90 Å². The Bertz CT molecular complexity index is 446. The Morgan fingerprint density at radius 1 is 1.16 bits per heavy atom. The predicted molar refractivity (Wildman–Crippen MR) is 79.5 cm³/mol. The van der Waals surface area contributed by atoms with Crippen molar-refractivity contribution in [2.75, 3.05) is 25.9 Å². The van der Waals surface area contributed by atoms with Crippen molar-refractivity contribution < 1.29 is 8.42 Å². The van der Waals surface area contributed by atoms with Gasteiger partial charge in [0.15, 0.2) is 0 Å². The topological polar surface area (TPSA) is 49.4 Å². The van der Waals surface area contributed by atoms with E-state index in [9.17, 15) is 8.42 Å². The first-order valence-corrected chi connectivity index (χ1v) is 8.61. The minimum absolute atomic E-state index is 0.508. The van der Waals surface area contributed by atoms with Crippen LogP contribution in [-0.2, 0) is 16.6 Å². The first-order valence-electron chi connectivity index (χ1n) is 6.72. The van der Waals surface area contributed by atoms with Crippen molar-refractivity contribution in [3.63, 3.8) is 0 Å². The average molecular weight is 284 g/mol. The second-order valence-corrected chi connectivity index (χ2v) is 6.61. The van der Waals surface area contributed by atoms with E-state index in [-0.39, 0.29) is 0 Å². The van der Waals surface area contributed by atoms with E-state index < -0.39 is 10.0 Å². The molecule has 0 bridgehead atoms. The molecule has 0 unspecified atom stereocenters. The van der Waals surface area contributed by atoms with Crippen molar-refractivity contribution in [2.45, 2.75) is 26.3 Å². The van der Waals surface area contributed by atoms with Gasteiger partial charge < -0.3 is 0 Å². The van der Waals surface area contributed by atoms with Gasteiger partial charge in [0, 0.05) is 13.1 Å². The van der Waals surface area contributed by atoms with Crippen molar-refractivity contribution in [2.24, 2.45) is 0 Å². The van der Waals surface area contributed by atoms with Crippen molar-refractivity contribution >= 4 is 10.0 Å². The SMILES string of the molecule is CCCN(CCCNS(C)(=O)=O)Cc1ccccc1. The van der Waals surface area contributed by atoms with Crippen LogP contribution in [0.1, 0.15) is 25.3 Å². The van der Waals surface area contributed by atoms with Gasteiger partial charge in [-0.25, -0.2) is 13.1 Å². The molecule has 0 saturated carbocycles. The predicted octanol–water partition coefficient (Wildman–Crippen LogP) is 1.84. The Morgan fingerprint density at radius 3 is 2.42 bits per heavy atom. The molecule has 1 aromatic carbocycles. The summed E-state index contributed by atoms with van der Waals surface area (Å²) in [5, 5.41) is 0. The fourth-order valence-electron chi connectivity index (χ4n) is 1.99. The molecule has 0 spiro atoms. The van der Waals surface area contributed by atoms with Gasteiger partial charge in [-0.2, -0.15) is 0 Å². The number of nitrogens with one attached hydrogen (secondary N) is 1. The Hall–Kier alpha value is -0.910. The Kier molecular flexibility index (Phi) is 7.05. The van der Waals surface area contributed by atoms with Gasteiger partial charge >= 0.3 is 0 Å². The quantitative estimate of drug-likeness (QED) is 0.704. The molecule has 0 fully saturated rings. The van der Waals surface area contributed by atoms with Crippen LogP contribution in [0.15, 0.2) is 30.3 Å². The Morgan fingerprint density at radius 2 is 1.84 bits per heavy atom. The largest absolute Gasteiger partial charge is 0.299 e. The third-order valence-electron chi connectivity index (χ3n) is 2.80. The van der Waals surface area contributed by atoms with Crippen LogP contribution in [0, 0.1) is 0 Å². The summed E-state index contributed by atoms with van der Waals surface area (Å²) < 4.78 is 24.5. The molecule has 1 N–H and O–H groups in total. The summed E-state index contributed by atoms with van der Waals surface area (Å²) in [6.07, 6.45) is 3.13. The van der Waals surface area contributed by atoms with E-state index in [4.69, 9.17) is 0 Å². The maximum Gasteiger partial charge on any atom is 0.208 e. The lowest BCUT2D eigenvalue weighted by Gasteiger charge is -2.21. The number of hydrogen-bond donors (Lipinski definition) is 1. The van der Waals surface area contributed by atoms with E-state index in [1.165, 1.54) is 11.8 Å². The standard InChI is InChI=1S/C14H24N2O2S/c1-3-11-16(12-7-10-15-19(2,17)18)13-14-8-5-4-6-9-14/h4-6,8-9,15H,3,7,10-13H2,1-2H3. The molecule has 108 valence electrons. The van der Waals surface area contributed by atoms with Crippen LogP contribution in [0.25, 0.3) is 0 Å². The summed E-state index contributed by atoms with van der Waals surface area (Å²) >= 11 is 0. The average Bonchev–Trinajstić information content (AvgIpc) is 2.35. The smallest absolute Gasteiger partial charge is 0.208 e. The molecule has 19 heavy (non-hydrogen) atoms. The van der Waals surface area contributed by atoms with Crippen molar-refractivity contribution in [3.8, 4) is 0 Å². The zero-order chi connectivity index (χ0) is 14.1. The zero-order valence-electron chi connectivity index (χ0n) is 11.8. The number of nitrogens with zero attached hydrogens (tertiary/aromatic N) is 1. The lowest BCUT2D eigenvalue weighted by atomic mass is 10.2. The van der Waals surface area contributed by atoms with Gasteiger partial charge in [-0.1, -0.05) is 37.3 Å². The highest BCUT2D eigenvalue weighted by Crippen LogP contribution is 2.05. The van der Waals surface area contributed by atoms with E-state index in [1.807, 2.05) is 18.2 Å². The van der Waals surface area contributed by atoms with Crippen LogP contribution in [-0.4, -0.2) is 39.2 Å². The molecule has 0 heterocycles. The maximum atomic E-state index is 11.0. The molecule has 0 aromatic heterocycles. The number of sulfonamides is 1. The zero-order valence-corrected chi connectivity index (χ0v) is 12.6. The molecule has 0 amide bonds. The molecule has 0 aliphatic rings. The highest BCUT2D eigenvalue weighted by molar-refractivity contribution is 7.88. The van der Waals surface area contributed by atoms with Crippen molar-refractivity contribution in [3.05, 3.63) is 35.9 Å². The first-order chi connectivity index (χ1) is 9.01. The lowest BCUT2D eigenvalue weighted by Crippen LogP contribution is -2.29. The first kappa shape index (κ1) is 16.1. The second kappa shape index (κ2) is 8.30. The molecule has 5 heteroatoms. The van der Waals surface area contributed by atoms with Crippen LogP contribution < -0.4 is 4.72 Å². The minimum Gasteiger partial charge on any atom is -0.299 e. The van der Waals surface area contributed by atoms with Crippen LogP contribution >= 0.6 is 0 Å². The van der Waals surface area contributed by atoms with Crippen LogP contribution in [0.2, 0.25) is 0 Å². The summed E-state index contributed by atoms with van der Waals surface area (Å²) in [6.45, 7) is 5.53. The van der Waals surface area contributed by atoms with Crippen molar-refractivity contribution in [1.82, 2.24) is 9.62 Å². The summed E-state index contributed by atoms with van der Waals surface area (Å²) in [5.74, 6) is 0. The van der Waals surface area contributed by atoms with E-state index in [1.54, 1.807) is 0 Å². The number of hydrogen-bond acceptors (Lipinski definition) is 3. The third kappa shape index (κ3) is 7.97. The molecule has 0 radical (unpaired) electrons. The van der Waals surface area contributed by atoms with Gasteiger partial charge in [-0.15, -0.1) is 0 Å².